The van der Waals surface area contributed by atoms with E-state index in [1.807, 2.05) is 56.5 Å². The van der Waals surface area contributed by atoms with Gasteiger partial charge in [0.05, 0.1) is 5.69 Å². The van der Waals surface area contributed by atoms with Gasteiger partial charge in [0.1, 0.15) is 0 Å². The van der Waals surface area contributed by atoms with Gasteiger partial charge in [-0.3, -0.25) is 4.99 Å². The van der Waals surface area contributed by atoms with Gasteiger partial charge in [-0.15, -0.1) is 0 Å². The third-order valence-electron chi connectivity index (χ3n) is 4.81. The van der Waals surface area contributed by atoms with Crippen molar-refractivity contribution in [1.29, 1.82) is 0 Å². The fourth-order valence-electron chi connectivity index (χ4n) is 3.53. The molecule has 1 heteroatoms. The number of aliphatic imine (C=N–C) groups is 1. The molecule has 0 aliphatic heterocycles. The lowest BCUT2D eigenvalue weighted by molar-refractivity contribution is 0.602. The van der Waals surface area contributed by atoms with Crippen LogP contribution in [0.4, 0.5) is 5.69 Å². The van der Waals surface area contributed by atoms with Gasteiger partial charge in [-0.1, -0.05) is 83.0 Å². The second kappa shape index (κ2) is 12.5. The van der Waals surface area contributed by atoms with E-state index in [1.54, 1.807) is 5.57 Å². The number of benzene rings is 1. The molecule has 26 heavy (non-hydrogen) atoms. The first-order valence-corrected chi connectivity index (χ1v) is 10.2. The summed E-state index contributed by atoms with van der Waals surface area (Å²) in [6.07, 6.45) is 12.5. The first-order chi connectivity index (χ1) is 12.6. The van der Waals surface area contributed by atoms with E-state index in [9.17, 15) is 0 Å². The topological polar surface area (TPSA) is 12.4 Å². The second-order valence-corrected chi connectivity index (χ2v) is 7.19. The summed E-state index contributed by atoms with van der Waals surface area (Å²) in [6, 6.07) is 10.2. The molecule has 2 rings (SSSR count). The van der Waals surface area contributed by atoms with Crippen LogP contribution >= 0.6 is 0 Å². The summed E-state index contributed by atoms with van der Waals surface area (Å²) in [5.41, 5.74) is 5.24. The Morgan fingerprint density at radius 1 is 1.15 bits per heavy atom. The van der Waals surface area contributed by atoms with Gasteiger partial charge < -0.3 is 0 Å². The Morgan fingerprint density at radius 2 is 1.77 bits per heavy atom. The van der Waals surface area contributed by atoms with Crippen LogP contribution in [0.15, 0.2) is 70.8 Å². The maximum absolute atomic E-state index is 4.69. The second-order valence-electron chi connectivity index (χ2n) is 7.19. The fourth-order valence-corrected chi connectivity index (χ4v) is 3.53. The van der Waals surface area contributed by atoms with Crippen LogP contribution in [0.1, 0.15) is 66.7 Å². The van der Waals surface area contributed by atoms with Crippen LogP contribution in [0, 0.1) is 11.8 Å². The van der Waals surface area contributed by atoms with Gasteiger partial charge in [-0.25, -0.2) is 0 Å². The zero-order chi connectivity index (χ0) is 19.4. The molecule has 0 saturated heterocycles. The van der Waals surface area contributed by atoms with Gasteiger partial charge >= 0.3 is 0 Å². The highest BCUT2D eigenvalue weighted by molar-refractivity contribution is 5.87. The van der Waals surface area contributed by atoms with E-state index in [1.165, 1.54) is 36.8 Å². The molecule has 1 aromatic rings. The molecule has 0 heterocycles. The van der Waals surface area contributed by atoms with Gasteiger partial charge in [0.25, 0.3) is 0 Å². The normalized spacial score (nSPS) is 16.5. The summed E-state index contributed by atoms with van der Waals surface area (Å²) >= 11 is 0. The van der Waals surface area contributed by atoms with Crippen LogP contribution in [0.3, 0.4) is 0 Å². The van der Waals surface area contributed by atoms with Gasteiger partial charge in [0, 0.05) is 6.21 Å². The minimum Gasteiger partial charge on any atom is -0.256 e. The SMILES string of the molecule is C=C/C=C(C=Nc1ccccc1)\C(CC(C)C)=C(/C)C1CCCC1.CC. The molecule has 1 nitrogen and oxygen atoms in total. The molecule has 0 amide bonds. The fraction of sp³-hybridized carbons (Fsp3) is 0.480. The van der Waals surface area contributed by atoms with E-state index in [0.29, 0.717) is 5.92 Å². The van der Waals surface area contributed by atoms with E-state index in [0.717, 1.165) is 18.0 Å². The summed E-state index contributed by atoms with van der Waals surface area (Å²) in [5.74, 6) is 1.38. The average Bonchev–Trinajstić information content (AvgIpc) is 3.20. The predicted molar refractivity (Wildman–Crippen MR) is 118 cm³/mol. The maximum Gasteiger partial charge on any atom is 0.0629 e. The third kappa shape index (κ3) is 7.15. The van der Waals surface area contributed by atoms with E-state index < -0.39 is 0 Å². The van der Waals surface area contributed by atoms with Crippen molar-refractivity contribution in [1.82, 2.24) is 0 Å². The Kier molecular flexibility index (Phi) is 10.6. The summed E-state index contributed by atoms with van der Waals surface area (Å²) in [6.45, 7) is 14.8. The molecular formula is C25H37N. The smallest absolute Gasteiger partial charge is 0.0629 e. The van der Waals surface area contributed by atoms with Crippen molar-refractivity contribution < 1.29 is 0 Å². The summed E-state index contributed by atoms with van der Waals surface area (Å²) in [7, 11) is 0. The highest BCUT2D eigenvalue weighted by Gasteiger charge is 2.20. The van der Waals surface area contributed by atoms with Gasteiger partial charge in [-0.2, -0.15) is 0 Å². The molecule has 0 spiro atoms. The molecule has 1 aliphatic rings. The van der Waals surface area contributed by atoms with Gasteiger partial charge in [-0.05, 0) is 61.3 Å². The molecule has 1 saturated carbocycles. The van der Waals surface area contributed by atoms with Crippen molar-refractivity contribution in [3.8, 4) is 0 Å². The lowest BCUT2D eigenvalue weighted by atomic mass is 9.86. The predicted octanol–water partition coefficient (Wildman–Crippen LogP) is 8.08. The van der Waals surface area contributed by atoms with Crippen LogP contribution in [-0.4, -0.2) is 6.21 Å². The monoisotopic (exact) mass is 351 g/mol. The number of rotatable bonds is 7. The van der Waals surface area contributed by atoms with Gasteiger partial charge in [0.15, 0.2) is 0 Å². The quantitative estimate of drug-likeness (QED) is 0.348. The van der Waals surface area contributed by atoms with Gasteiger partial charge in [0.2, 0.25) is 0 Å². The molecule has 0 radical (unpaired) electrons. The van der Waals surface area contributed by atoms with Crippen LogP contribution < -0.4 is 0 Å². The van der Waals surface area contributed by atoms with E-state index >= 15 is 0 Å². The Bertz CT molecular complexity index is 611. The lowest BCUT2D eigenvalue weighted by Gasteiger charge is -2.20. The van der Waals surface area contributed by atoms with Crippen molar-refractivity contribution >= 4 is 11.9 Å². The van der Waals surface area contributed by atoms with Crippen molar-refractivity contribution in [2.75, 3.05) is 0 Å². The molecule has 0 atom stereocenters. The standard InChI is InChI=1S/C23H31N.C2H6/c1-5-11-21(17-24-22-14-7-6-8-15-22)23(16-18(2)3)19(4)20-12-9-10-13-20;1-2/h5-8,11,14-15,17-18,20H,1,9-10,12-13,16H2,2-4H3;1-2H3/b21-11-,23-19+,24-17?;. The van der Waals surface area contributed by atoms with Crippen LogP contribution in [0.2, 0.25) is 0 Å². The number of nitrogens with zero attached hydrogens (tertiary/aromatic N) is 1. The minimum absolute atomic E-state index is 0.634. The lowest BCUT2D eigenvalue weighted by Crippen LogP contribution is -2.06. The molecule has 0 N–H and O–H groups in total. The number of allylic oxidation sites excluding steroid dienone is 5. The van der Waals surface area contributed by atoms with Crippen molar-refractivity contribution in [2.24, 2.45) is 16.8 Å². The average molecular weight is 352 g/mol. The first-order valence-electron chi connectivity index (χ1n) is 10.2. The molecule has 0 aromatic heterocycles. The molecule has 0 unspecified atom stereocenters. The number of para-hydroxylation sites is 1. The Labute approximate surface area is 161 Å². The van der Waals surface area contributed by atoms with Crippen LogP contribution in [-0.2, 0) is 0 Å². The minimum atomic E-state index is 0.634. The molecule has 1 fully saturated rings. The zero-order valence-corrected chi connectivity index (χ0v) is 17.5. The number of hydrogen-bond donors (Lipinski definition) is 0. The maximum atomic E-state index is 4.69. The Morgan fingerprint density at radius 3 is 2.31 bits per heavy atom. The van der Waals surface area contributed by atoms with E-state index in [4.69, 9.17) is 0 Å². The van der Waals surface area contributed by atoms with Crippen molar-refractivity contribution in [2.45, 2.75) is 66.7 Å². The first kappa shape index (κ1) is 22.2. The molecule has 1 aromatic carbocycles. The highest BCUT2D eigenvalue weighted by atomic mass is 14.7. The molecular weight excluding hydrogens is 314 g/mol. The molecule has 142 valence electrons. The summed E-state index contributed by atoms with van der Waals surface area (Å²) in [5, 5.41) is 0. The van der Waals surface area contributed by atoms with E-state index in [2.05, 4.69) is 38.4 Å². The third-order valence-corrected chi connectivity index (χ3v) is 4.81. The van der Waals surface area contributed by atoms with Crippen molar-refractivity contribution in [3.05, 3.63) is 65.8 Å². The largest absolute Gasteiger partial charge is 0.256 e. The molecule has 0 bridgehead atoms. The summed E-state index contributed by atoms with van der Waals surface area (Å²) < 4.78 is 0. The van der Waals surface area contributed by atoms with E-state index in [-0.39, 0.29) is 0 Å². The summed E-state index contributed by atoms with van der Waals surface area (Å²) in [4.78, 5) is 4.69. The zero-order valence-electron chi connectivity index (χ0n) is 17.5. The highest BCUT2D eigenvalue weighted by Crippen LogP contribution is 2.36. The number of hydrogen-bond acceptors (Lipinski definition) is 1. The van der Waals surface area contributed by atoms with Crippen molar-refractivity contribution in [3.63, 3.8) is 0 Å². The molecule has 1 aliphatic carbocycles. The Hall–Kier alpha value is -1.89. The Balaban J connectivity index is 0.00000163. The van der Waals surface area contributed by atoms with Crippen LogP contribution in [0.25, 0.3) is 0 Å². The van der Waals surface area contributed by atoms with Crippen LogP contribution in [0.5, 0.6) is 0 Å².